The first-order valence-corrected chi connectivity index (χ1v) is 4.89. The monoisotopic (exact) mass is 222 g/mol. The third-order valence-electron chi connectivity index (χ3n) is 2.25. The Labute approximate surface area is 93.3 Å². The molecule has 5 heteroatoms. The molecule has 0 spiro atoms. The van der Waals surface area contributed by atoms with Gasteiger partial charge in [0.1, 0.15) is 0 Å². The van der Waals surface area contributed by atoms with Crippen molar-refractivity contribution in [2.75, 3.05) is 11.1 Å². The standard InChI is InChI=1S/C11H14N2O3/c1-3-7-8(11(15)16)4-5-9(10(7)12)13-6(2)14/h4-5H,3,12H2,1-2H3,(H,13,14)(H,15,16). The van der Waals surface area contributed by atoms with E-state index in [1.165, 1.54) is 19.1 Å². The molecule has 1 amide bonds. The zero-order valence-electron chi connectivity index (χ0n) is 9.20. The number of rotatable bonds is 3. The lowest BCUT2D eigenvalue weighted by Crippen LogP contribution is -2.12. The molecule has 1 rings (SSSR count). The first-order valence-electron chi connectivity index (χ1n) is 4.89. The maximum absolute atomic E-state index is 10.9. The molecule has 0 fully saturated rings. The summed E-state index contributed by atoms with van der Waals surface area (Å²) >= 11 is 0. The number of hydrogen-bond acceptors (Lipinski definition) is 3. The first kappa shape index (κ1) is 12.0. The van der Waals surface area contributed by atoms with E-state index in [-0.39, 0.29) is 11.5 Å². The molecule has 1 aromatic rings. The molecular formula is C11H14N2O3. The van der Waals surface area contributed by atoms with Gasteiger partial charge in [-0.05, 0) is 24.1 Å². The minimum Gasteiger partial charge on any atom is -0.478 e. The number of benzene rings is 1. The van der Waals surface area contributed by atoms with Crippen LogP contribution in [0.4, 0.5) is 11.4 Å². The highest BCUT2D eigenvalue weighted by atomic mass is 16.4. The average molecular weight is 222 g/mol. The van der Waals surface area contributed by atoms with E-state index in [0.717, 1.165) is 0 Å². The smallest absolute Gasteiger partial charge is 0.336 e. The number of carboxylic acid groups (broad SMARTS) is 1. The van der Waals surface area contributed by atoms with Crippen molar-refractivity contribution < 1.29 is 14.7 Å². The fourth-order valence-corrected chi connectivity index (χ4v) is 1.54. The third kappa shape index (κ3) is 2.31. The summed E-state index contributed by atoms with van der Waals surface area (Å²) in [6.07, 6.45) is 0.501. The van der Waals surface area contributed by atoms with Crippen molar-refractivity contribution in [3.63, 3.8) is 0 Å². The highest BCUT2D eigenvalue weighted by molar-refractivity contribution is 5.97. The molecule has 0 aliphatic carbocycles. The predicted molar refractivity (Wildman–Crippen MR) is 61.5 cm³/mol. The van der Waals surface area contributed by atoms with Crippen LogP contribution >= 0.6 is 0 Å². The summed E-state index contributed by atoms with van der Waals surface area (Å²) in [5.74, 6) is -1.25. The summed E-state index contributed by atoms with van der Waals surface area (Å²) in [6, 6.07) is 2.95. The molecule has 0 saturated carbocycles. The molecule has 0 aromatic heterocycles. The molecule has 0 aliphatic heterocycles. The van der Waals surface area contributed by atoms with Gasteiger partial charge in [0, 0.05) is 6.92 Å². The Morgan fingerprint density at radius 3 is 2.50 bits per heavy atom. The molecule has 86 valence electrons. The minimum atomic E-state index is -1.02. The van der Waals surface area contributed by atoms with E-state index < -0.39 is 5.97 Å². The van der Waals surface area contributed by atoms with Gasteiger partial charge in [-0.1, -0.05) is 6.92 Å². The van der Waals surface area contributed by atoms with Gasteiger partial charge >= 0.3 is 5.97 Å². The topological polar surface area (TPSA) is 92.4 Å². The Balaban J connectivity index is 3.28. The fourth-order valence-electron chi connectivity index (χ4n) is 1.54. The van der Waals surface area contributed by atoms with Crippen molar-refractivity contribution >= 4 is 23.3 Å². The van der Waals surface area contributed by atoms with Gasteiger partial charge in [0.25, 0.3) is 0 Å². The minimum absolute atomic E-state index is 0.175. The van der Waals surface area contributed by atoms with Crippen LogP contribution in [0.15, 0.2) is 12.1 Å². The molecule has 4 N–H and O–H groups in total. The largest absolute Gasteiger partial charge is 0.478 e. The van der Waals surface area contributed by atoms with Gasteiger partial charge in [-0.25, -0.2) is 4.79 Å². The summed E-state index contributed by atoms with van der Waals surface area (Å²) in [7, 11) is 0. The van der Waals surface area contributed by atoms with Crippen molar-refractivity contribution in [2.45, 2.75) is 20.3 Å². The fraction of sp³-hybridized carbons (Fsp3) is 0.273. The number of carboxylic acids is 1. The van der Waals surface area contributed by atoms with Crippen molar-refractivity contribution in [1.29, 1.82) is 0 Å². The highest BCUT2D eigenvalue weighted by Gasteiger charge is 2.14. The number of nitrogens with one attached hydrogen (secondary N) is 1. The molecule has 0 radical (unpaired) electrons. The van der Waals surface area contributed by atoms with Crippen LogP contribution < -0.4 is 11.1 Å². The van der Waals surface area contributed by atoms with Gasteiger partial charge < -0.3 is 16.2 Å². The van der Waals surface area contributed by atoms with E-state index in [0.29, 0.717) is 23.4 Å². The Morgan fingerprint density at radius 1 is 1.44 bits per heavy atom. The molecule has 0 heterocycles. The molecular weight excluding hydrogens is 208 g/mol. The number of aromatic carboxylic acids is 1. The van der Waals surface area contributed by atoms with Gasteiger partial charge in [-0.3, -0.25) is 4.79 Å². The Bertz CT molecular complexity index is 441. The number of carbonyl (C=O) groups is 2. The summed E-state index contributed by atoms with van der Waals surface area (Å²) in [6.45, 7) is 3.19. The number of amides is 1. The van der Waals surface area contributed by atoms with Crippen LogP contribution in [0.3, 0.4) is 0 Å². The number of anilines is 2. The molecule has 16 heavy (non-hydrogen) atoms. The van der Waals surface area contributed by atoms with Gasteiger partial charge in [0.05, 0.1) is 16.9 Å². The van der Waals surface area contributed by atoms with Crippen molar-refractivity contribution in [2.24, 2.45) is 0 Å². The van der Waals surface area contributed by atoms with Crippen LogP contribution in [0, 0.1) is 0 Å². The second kappa shape index (κ2) is 4.65. The molecule has 5 nitrogen and oxygen atoms in total. The van der Waals surface area contributed by atoms with Crippen molar-refractivity contribution in [3.05, 3.63) is 23.3 Å². The molecule has 1 aromatic carbocycles. The van der Waals surface area contributed by atoms with E-state index in [2.05, 4.69) is 5.32 Å². The van der Waals surface area contributed by atoms with Crippen LogP contribution in [0.1, 0.15) is 29.8 Å². The quantitative estimate of drug-likeness (QED) is 0.675. The Hall–Kier alpha value is -2.04. The predicted octanol–water partition coefficient (Wildman–Crippen LogP) is 1.49. The summed E-state index contributed by atoms with van der Waals surface area (Å²) in [5.41, 5.74) is 7.29. The lowest BCUT2D eigenvalue weighted by molar-refractivity contribution is -0.114. The lowest BCUT2D eigenvalue weighted by atomic mass is 10.0. The van der Waals surface area contributed by atoms with E-state index in [9.17, 15) is 9.59 Å². The van der Waals surface area contributed by atoms with Gasteiger partial charge in [-0.15, -0.1) is 0 Å². The van der Waals surface area contributed by atoms with Crippen LogP contribution in [0.5, 0.6) is 0 Å². The first-order chi connectivity index (χ1) is 7.47. The van der Waals surface area contributed by atoms with E-state index >= 15 is 0 Å². The Morgan fingerprint density at radius 2 is 2.06 bits per heavy atom. The van der Waals surface area contributed by atoms with Crippen LogP contribution in [0.2, 0.25) is 0 Å². The summed E-state index contributed by atoms with van der Waals surface area (Å²) < 4.78 is 0. The molecule has 0 saturated heterocycles. The van der Waals surface area contributed by atoms with E-state index in [1.807, 2.05) is 6.92 Å². The van der Waals surface area contributed by atoms with Crippen LogP contribution in [-0.2, 0) is 11.2 Å². The second-order valence-corrected chi connectivity index (χ2v) is 3.39. The average Bonchev–Trinajstić information content (AvgIpc) is 2.19. The molecule has 0 bridgehead atoms. The number of carbonyl (C=O) groups excluding carboxylic acids is 1. The second-order valence-electron chi connectivity index (χ2n) is 3.39. The molecule has 0 aliphatic rings. The normalized spacial score (nSPS) is 9.88. The number of nitrogens with two attached hydrogens (primary N) is 1. The summed E-state index contributed by atoms with van der Waals surface area (Å²) in [5, 5.41) is 11.5. The number of hydrogen-bond donors (Lipinski definition) is 3. The van der Waals surface area contributed by atoms with Crippen molar-refractivity contribution in [1.82, 2.24) is 0 Å². The highest BCUT2D eigenvalue weighted by Crippen LogP contribution is 2.26. The third-order valence-corrected chi connectivity index (χ3v) is 2.25. The maximum atomic E-state index is 10.9. The zero-order chi connectivity index (χ0) is 12.3. The molecule has 0 unspecified atom stereocenters. The maximum Gasteiger partial charge on any atom is 0.336 e. The summed E-state index contributed by atoms with van der Waals surface area (Å²) in [4.78, 5) is 21.8. The van der Waals surface area contributed by atoms with Crippen LogP contribution in [0.25, 0.3) is 0 Å². The van der Waals surface area contributed by atoms with Gasteiger partial charge in [-0.2, -0.15) is 0 Å². The SMILES string of the molecule is CCc1c(C(=O)O)ccc(NC(C)=O)c1N. The van der Waals surface area contributed by atoms with Gasteiger partial charge in [0.15, 0.2) is 0 Å². The lowest BCUT2D eigenvalue weighted by Gasteiger charge is -2.12. The van der Waals surface area contributed by atoms with Crippen LogP contribution in [-0.4, -0.2) is 17.0 Å². The Kier molecular flexibility index (Phi) is 3.50. The number of nitrogen functional groups attached to an aromatic ring is 1. The van der Waals surface area contributed by atoms with E-state index in [4.69, 9.17) is 10.8 Å². The van der Waals surface area contributed by atoms with Gasteiger partial charge in [0.2, 0.25) is 5.91 Å². The zero-order valence-corrected chi connectivity index (χ0v) is 9.20. The van der Waals surface area contributed by atoms with Crippen molar-refractivity contribution in [3.8, 4) is 0 Å². The molecule has 0 atom stereocenters. The van der Waals surface area contributed by atoms with E-state index in [1.54, 1.807) is 0 Å².